The van der Waals surface area contributed by atoms with Crippen LogP contribution >= 0.6 is 0 Å². The number of carbonyl (C=O) groups is 2. The second kappa shape index (κ2) is 11.0. The molecular weight excluding hydrogens is 386 g/mol. The van der Waals surface area contributed by atoms with Crippen molar-refractivity contribution in [3.63, 3.8) is 0 Å². The molecule has 2 N–H and O–H groups in total. The molecule has 2 rings (SSSR count). The summed E-state index contributed by atoms with van der Waals surface area (Å²) in [6.45, 7) is 11.6. The van der Waals surface area contributed by atoms with Crippen LogP contribution in [0, 0.1) is 0 Å². The highest BCUT2D eigenvalue weighted by molar-refractivity contribution is 5.94. The average molecular weight is 422 g/mol. The first kappa shape index (κ1) is 23.7. The maximum Gasteiger partial charge on any atom is 0.410 e. The summed E-state index contributed by atoms with van der Waals surface area (Å²) >= 11 is 0. The molecule has 0 saturated carbocycles. The lowest BCUT2D eigenvalue weighted by atomic mass is 10.1. The van der Waals surface area contributed by atoms with Gasteiger partial charge in [-0.05, 0) is 47.0 Å². The zero-order valence-electron chi connectivity index (χ0n) is 18.8. The van der Waals surface area contributed by atoms with Gasteiger partial charge in [-0.2, -0.15) is 4.98 Å². The molecule has 1 amide bonds. The van der Waals surface area contributed by atoms with Gasteiger partial charge in [-0.1, -0.05) is 13.3 Å². The molecule has 0 aliphatic carbocycles. The predicted molar refractivity (Wildman–Crippen MR) is 116 cm³/mol. The minimum atomic E-state index is -0.541. The van der Waals surface area contributed by atoms with Gasteiger partial charge in [0.1, 0.15) is 17.0 Å². The van der Waals surface area contributed by atoms with Crippen LogP contribution in [-0.4, -0.2) is 64.8 Å². The molecule has 30 heavy (non-hydrogen) atoms. The standard InChI is InChI=1S/C21H35N5O4/c1-6-8-11-22-19-23-13-16(18(27)29-7-2)17(25-19)24-15-10-9-12-26(14-15)20(28)30-21(3,4)5/h13,15H,6-12,14H2,1-5H3,(H2,22,23,24,25)/t15-/m0/s1. The van der Waals surface area contributed by atoms with Crippen LogP contribution in [0.1, 0.15) is 70.7 Å². The maximum absolute atomic E-state index is 12.4. The van der Waals surface area contributed by atoms with Crippen molar-refractivity contribution >= 4 is 23.8 Å². The maximum atomic E-state index is 12.4. The molecule has 1 aromatic heterocycles. The Bertz CT molecular complexity index is 720. The third kappa shape index (κ3) is 7.35. The van der Waals surface area contributed by atoms with Crippen molar-refractivity contribution in [1.82, 2.24) is 14.9 Å². The normalized spacial score (nSPS) is 16.7. The lowest BCUT2D eigenvalue weighted by molar-refractivity contribution is 0.0205. The van der Waals surface area contributed by atoms with Gasteiger partial charge >= 0.3 is 12.1 Å². The summed E-state index contributed by atoms with van der Waals surface area (Å²) in [5, 5.41) is 6.50. The number of unbranched alkanes of at least 4 members (excludes halogenated alkanes) is 1. The Morgan fingerprint density at radius 1 is 1.30 bits per heavy atom. The van der Waals surface area contributed by atoms with E-state index in [1.54, 1.807) is 11.8 Å². The van der Waals surface area contributed by atoms with E-state index in [0.29, 0.717) is 24.9 Å². The summed E-state index contributed by atoms with van der Waals surface area (Å²) in [5.74, 6) is 0.400. The summed E-state index contributed by atoms with van der Waals surface area (Å²) < 4.78 is 10.6. The van der Waals surface area contributed by atoms with Crippen LogP contribution < -0.4 is 10.6 Å². The van der Waals surface area contributed by atoms with Crippen molar-refractivity contribution in [2.75, 3.05) is 36.9 Å². The molecule has 9 nitrogen and oxygen atoms in total. The van der Waals surface area contributed by atoms with E-state index >= 15 is 0 Å². The van der Waals surface area contributed by atoms with Crippen molar-refractivity contribution in [3.05, 3.63) is 11.8 Å². The van der Waals surface area contributed by atoms with Crippen LogP contribution in [0.15, 0.2) is 6.20 Å². The third-order valence-corrected chi connectivity index (χ3v) is 4.51. The fourth-order valence-electron chi connectivity index (χ4n) is 3.09. The van der Waals surface area contributed by atoms with Gasteiger partial charge < -0.3 is 25.0 Å². The molecule has 1 saturated heterocycles. The summed E-state index contributed by atoms with van der Waals surface area (Å²) in [6, 6.07) is -0.0576. The Kier molecular flexibility index (Phi) is 8.68. The number of esters is 1. The van der Waals surface area contributed by atoms with Crippen LogP contribution in [0.2, 0.25) is 0 Å². The molecule has 0 spiro atoms. The molecule has 1 atom stereocenters. The average Bonchev–Trinajstić information content (AvgIpc) is 2.67. The molecule has 0 bridgehead atoms. The lowest BCUT2D eigenvalue weighted by Crippen LogP contribution is -2.47. The third-order valence-electron chi connectivity index (χ3n) is 4.51. The van der Waals surface area contributed by atoms with Crippen molar-refractivity contribution in [1.29, 1.82) is 0 Å². The number of likely N-dealkylation sites (tertiary alicyclic amines) is 1. The van der Waals surface area contributed by atoms with E-state index in [-0.39, 0.29) is 24.3 Å². The fourth-order valence-corrected chi connectivity index (χ4v) is 3.09. The first-order valence-corrected chi connectivity index (χ1v) is 10.8. The van der Waals surface area contributed by atoms with Gasteiger partial charge in [-0.15, -0.1) is 0 Å². The number of carbonyl (C=O) groups excluding carboxylic acids is 2. The number of hydrogen-bond acceptors (Lipinski definition) is 8. The van der Waals surface area contributed by atoms with E-state index in [9.17, 15) is 9.59 Å². The minimum absolute atomic E-state index is 0.0576. The fraction of sp³-hybridized carbons (Fsp3) is 0.714. The number of piperidine rings is 1. The molecule has 0 radical (unpaired) electrons. The summed E-state index contributed by atoms with van der Waals surface area (Å²) in [7, 11) is 0. The minimum Gasteiger partial charge on any atom is -0.462 e. The first-order valence-electron chi connectivity index (χ1n) is 10.8. The van der Waals surface area contributed by atoms with E-state index in [4.69, 9.17) is 9.47 Å². The Morgan fingerprint density at radius 3 is 2.73 bits per heavy atom. The van der Waals surface area contributed by atoms with Gasteiger partial charge in [0.15, 0.2) is 0 Å². The number of amides is 1. The summed E-state index contributed by atoms with van der Waals surface area (Å²) in [6.07, 6.45) is 4.89. The molecule has 9 heteroatoms. The van der Waals surface area contributed by atoms with Gasteiger partial charge in [-0.3, -0.25) is 0 Å². The Hall–Kier alpha value is -2.58. The smallest absolute Gasteiger partial charge is 0.410 e. The molecule has 0 unspecified atom stereocenters. The SMILES string of the molecule is CCCCNc1ncc(C(=O)OCC)c(N[C@H]2CCCN(C(=O)OC(C)(C)C)C2)n1. The molecule has 1 fully saturated rings. The molecule has 168 valence electrons. The highest BCUT2D eigenvalue weighted by Crippen LogP contribution is 2.21. The summed E-state index contributed by atoms with van der Waals surface area (Å²) in [4.78, 5) is 35.2. The van der Waals surface area contributed by atoms with Gasteiger partial charge in [0.25, 0.3) is 0 Å². The largest absolute Gasteiger partial charge is 0.462 e. The van der Waals surface area contributed by atoms with Crippen LogP contribution in [-0.2, 0) is 9.47 Å². The van der Waals surface area contributed by atoms with Crippen LogP contribution in [0.3, 0.4) is 0 Å². The number of aromatic nitrogens is 2. The van der Waals surface area contributed by atoms with Gasteiger partial charge in [0.05, 0.1) is 6.61 Å². The highest BCUT2D eigenvalue weighted by atomic mass is 16.6. The topological polar surface area (TPSA) is 106 Å². The van der Waals surface area contributed by atoms with E-state index < -0.39 is 11.6 Å². The van der Waals surface area contributed by atoms with Crippen LogP contribution in [0.5, 0.6) is 0 Å². The van der Waals surface area contributed by atoms with Crippen LogP contribution in [0.25, 0.3) is 0 Å². The van der Waals surface area contributed by atoms with Crippen molar-refractivity contribution in [2.45, 2.75) is 71.9 Å². The van der Waals surface area contributed by atoms with E-state index in [1.807, 2.05) is 20.8 Å². The number of nitrogens with one attached hydrogen (secondary N) is 2. The zero-order valence-corrected chi connectivity index (χ0v) is 18.8. The van der Waals surface area contributed by atoms with E-state index in [1.165, 1.54) is 6.20 Å². The second-order valence-electron chi connectivity index (χ2n) is 8.37. The van der Waals surface area contributed by atoms with Crippen molar-refractivity contribution in [3.8, 4) is 0 Å². The Labute approximate surface area is 178 Å². The molecule has 1 aliphatic rings. The molecule has 1 aliphatic heterocycles. The molecule has 2 heterocycles. The summed E-state index contributed by atoms with van der Waals surface area (Å²) in [5.41, 5.74) is -0.257. The Morgan fingerprint density at radius 2 is 2.07 bits per heavy atom. The van der Waals surface area contributed by atoms with Crippen LogP contribution in [0.4, 0.5) is 16.6 Å². The molecule has 1 aromatic rings. The monoisotopic (exact) mass is 421 g/mol. The lowest BCUT2D eigenvalue weighted by Gasteiger charge is -2.34. The number of rotatable bonds is 8. The quantitative estimate of drug-likeness (QED) is 0.484. The van der Waals surface area contributed by atoms with E-state index in [2.05, 4.69) is 27.5 Å². The molecule has 0 aromatic carbocycles. The van der Waals surface area contributed by atoms with Crippen molar-refractivity contribution in [2.24, 2.45) is 0 Å². The predicted octanol–water partition coefficient (Wildman–Crippen LogP) is 3.68. The number of ether oxygens (including phenoxy) is 2. The first-order chi connectivity index (χ1) is 14.2. The zero-order chi connectivity index (χ0) is 22.1. The number of anilines is 2. The number of nitrogens with zero attached hydrogens (tertiary/aromatic N) is 3. The highest BCUT2D eigenvalue weighted by Gasteiger charge is 2.29. The second-order valence-corrected chi connectivity index (χ2v) is 8.37. The van der Waals surface area contributed by atoms with Gasteiger partial charge in [0, 0.05) is 31.9 Å². The van der Waals surface area contributed by atoms with E-state index in [0.717, 1.165) is 32.2 Å². The number of hydrogen-bond donors (Lipinski definition) is 2. The van der Waals surface area contributed by atoms with Gasteiger partial charge in [-0.25, -0.2) is 14.6 Å². The molecular formula is C21H35N5O4. The van der Waals surface area contributed by atoms with Gasteiger partial charge in [0.2, 0.25) is 5.95 Å². The van der Waals surface area contributed by atoms with Crippen molar-refractivity contribution < 1.29 is 19.1 Å². The Balaban J connectivity index is 2.14.